The fraction of sp³-hybridized carbons (Fsp3) is 0.435. The van der Waals surface area contributed by atoms with Gasteiger partial charge in [0.15, 0.2) is 23.0 Å². The van der Waals surface area contributed by atoms with Crippen LogP contribution in [0.5, 0.6) is 23.0 Å². The van der Waals surface area contributed by atoms with Crippen molar-refractivity contribution in [3.8, 4) is 23.0 Å². The van der Waals surface area contributed by atoms with Crippen molar-refractivity contribution in [1.29, 1.82) is 0 Å². The first-order chi connectivity index (χ1) is 14.0. The molecular formula is C23H29NO5. The number of rotatable bonds is 8. The van der Waals surface area contributed by atoms with E-state index in [2.05, 4.69) is 5.32 Å². The highest BCUT2D eigenvalue weighted by Gasteiger charge is 2.29. The molecule has 1 amide bonds. The summed E-state index contributed by atoms with van der Waals surface area (Å²) in [4.78, 5) is 12.4. The molecule has 0 saturated carbocycles. The Morgan fingerprint density at radius 2 is 1.69 bits per heavy atom. The van der Waals surface area contributed by atoms with Crippen molar-refractivity contribution in [3.05, 3.63) is 41.5 Å². The molecule has 2 aromatic rings. The first-order valence-corrected chi connectivity index (χ1v) is 10.0. The van der Waals surface area contributed by atoms with Gasteiger partial charge in [0.25, 0.3) is 0 Å². The maximum atomic E-state index is 12.4. The first-order valence-electron chi connectivity index (χ1n) is 10.0. The lowest BCUT2D eigenvalue weighted by atomic mass is 9.84. The average molecular weight is 399 g/mol. The Bertz CT molecular complexity index is 878. The maximum Gasteiger partial charge on any atom is 0.225 e. The van der Waals surface area contributed by atoms with Gasteiger partial charge >= 0.3 is 0 Å². The van der Waals surface area contributed by atoms with Crippen molar-refractivity contribution in [2.24, 2.45) is 0 Å². The van der Waals surface area contributed by atoms with Gasteiger partial charge in [0.2, 0.25) is 5.91 Å². The zero-order chi connectivity index (χ0) is 21.0. The molecule has 156 valence electrons. The average Bonchev–Trinajstić information content (AvgIpc) is 2.68. The van der Waals surface area contributed by atoms with Gasteiger partial charge in [-0.3, -0.25) is 4.79 Å². The molecule has 0 fully saturated rings. The normalized spacial score (nSPS) is 15.5. The van der Waals surface area contributed by atoms with Gasteiger partial charge in [-0.1, -0.05) is 6.07 Å². The van der Waals surface area contributed by atoms with Crippen LogP contribution in [0.25, 0.3) is 0 Å². The predicted molar refractivity (Wildman–Crippen MR) is 113 cm³/mol. The van der Waals surface area contributed by atoms with Crippen molar-refractivity contribution < 1.29 is 23.7 Å². The summed E-state index contributed by atoms with van der Waals surface area (Å²) in [6.07, 6.45) is 0.391. The predicted octanol–water partition coefficient (Wildman–Crippen LogP) is 4.75. The molecule has 29 heavy (non-hydrogen) atoms. The highest BCUT2D eigenvalue weighted by Crippen LogP contribution is 2.44. The minimum absolute atomic E-state index is 0.0319. The van der Waals surface area contributed by atoms with E-state index in [1.54, 1.807) is 7.11 Å². The minimum Gasteiger partial charge on any atom is -0.493 e. The lowest BCUT2D eigenvalue weighted by molar-refractivity contribution is -0.116. The van der Waals surface area contributed by atoms with E-state index < -0.39 is 0 Å². The lowest BCUT2D eigenvalue weighted by Gasteiger charge is -2.28. The van der Waals surface area contributed by atoms with Gasteiger partial charge in [-0.05, 0) is 57.0 Å². The number of hydrogen-bond acceptors (Lipinski definition) is 5. The van der Waals surface area contributed by atoms with Crippen molar-refractivity contribution in [2.75, 3.05) is 25.6 Å². The molecule has 1 aliphatic rings. The Hall–Kier alpha value is -2.89. The summed E-state index contributed by atoms with van der Waals surface area (Å²) < 4.78 is 22.9. The van der Waals surface area contributed by atoms with Crippen molar-refractivity contribution in [2.45, 2.75) is 46.1 Å². The molecule has 1 unspecified atom stereocenters. The quantitative estimate of drug-likeness (QED) is 0.694. The fourth-order valence-electron chi connectivity index (χ4n) is 3.56. The molecule has 1 heterocycles. The highest BCUT2D eigenvalue weighted by molar-refractivity contribution is 5.96. The van der Waals surface area contributed by atoms with E-state index >= 15 is 0 Å². The summed E-state index contributed by atoms with van der Waals surface area (Å²) in [5, 5.41) is 2.96. The van der Waals surface area contributed by atoms with Crippen LogP contribution in [0.1, 0.15) is 51.2 Å². The molecule has 1 aliphatic heterocycles. The third kappa shape index (κ3) is 4.58. The van der Waals surface area contributed by atoms with Crippen molar-refractivity contribution in [3.63, 3.8) is 0 Å². The number of ether oxygens (including phenoxy) is 4. The van der Waals surface area contributed by atoms with Crippen molar-refractivity contribution in [1.82, 2.24) is 0 Å². The van der Waals surface area contributed by atoms with Gasteiger partial charge in [-0.25, -0.2) is 0 Å². The molecular weight excluding hydrogens is 370 g/mol. The third-order valence-corrected chi connectivity index (χ3v) is 4.71. The topological polar surface area (TPSA) is 66.0 Å². The molecule has 0 saturated heterocycles. The number of fused-ring (bicyclic) bond motifs is 1. The van der Waals surface area contributed by atoms with Crippen LogP contribution in [0.4, 0.5) is 5.69 Å². The maximum absolute atomic E-state index is 12.4. The van der Waals surface area contributed by atoms with E-state index in [1.807, 2.05) is 58.0 Å². The van der Waals surface area contributed by atoms with Crippen LogP contribution in [0.2, 0.25) is 0 Å². The summed E-state index contributed by atoms with van der Waals surface area (Å²) in [7, 11) is 1.62. The second-order valence-electron chi connectivity index (χ2n) is 7.13. The van der Waals surface area contributed by atoms with Crippen molar-refractivity contribution >= 4 is 11.6 Å². The second-order valence-corrected chi connectivity index (χ2v) is 7.13. The van der Waals surface area contributed by atoms with Gasteiger partial charge < -0.3 is 24.3 Å². The molecule has 1 atom stereocenters. The van der Waals surface area contributed by atoms with Crippen LogP contribution in [0, 0.1) is 0 Å². The number of carbonyl (C=O) groups excluding carboxylic acids is 1. The van der Waals surface area contributed by atoms with Crippen LogP contribution < -0.4 is 24.3 Å². The smallest absolute Gasteiger partial charge is 0.225 e. The SMILES string of the molecule is CCOc1cc2c(cc1OCC)C(c1ccc(OC(C)C)c(OC)c1)CC(=O)N2. The summed E-state index contributed by atoms with van der Waals surface area (Å²) in [5.74, 6) is 2.51. The molecule has 6 nitrogen and oxygen atoms in total. The van der Waals surface area contributed by atoms with Crippen LogP contribution in [-0.2, 0) is 4.79 Å². The number of nitrogens with one attached hydrogen (secondary N) is 1. The van der Waals surface area contributed by atoms with Crippen LogP contribution in [0.15, 0.2) is 30.3 Å². The Morgan fingerprint density at radius 1 is 1.00 bits per heavy atom. The summed E-state index contributed by atoms with van der Waals surface area (Å²) in [6.45, 7) is 8.85. The van der Waals surface area contributed by atoms with Gasteiger partial charge in [-0.15, -0.1) is 0 Å². The first kappa shape index (κ1) is 20.8. The standard InChI is InChI=1S/C23H29NO5/c1-6-27-21-11-17-16(12-23(25)24-18(17)13-22(21)28-7-2)15-8-9-19(29-14(3)4)20(10-15)26-5/h8-11,13-14,16H,6-7,12H2,1-5H3,(H,24,25). The number of methoxy groups -OCH3 is 1. The number of anilines is 1. The zero-order valence-electron chi connectivity index (χ0n) is 17.7. The van der Waals surface area contributed by atoms with E-state index in [9.17, 15) is 4.79 Å². The molecule has 0 spiro atoms. The van der Waals surface area contributed by atoms with E-state index in [0.717, 1.165) is 16.8 Å². The van der Waals surface area contributed by atoms with E-state index in [-0.39, 0.29) is 17.9 Å². The number of benzene rings is 2. The Labute approximate surface area is 172 Å². The summed E-state index contributed by atoms with van der Waals surface area (Å²) >= 11 is 0. The Morgan fingerprint density at radius 3 is 2.31 bits per heavy atom. The zero-order valence-corrected chi connectivity index (χ0v) is 17.7. The minimum atomic E-state index is -0.115. The molecule has 0 bridgehead atoms. The third-order valence-electron chi connectivity index (χ3n) is 4.71. The van der Waals surface area contributed by atoms with Gasteiger partial charge in [0.05, 0.1) is 26.4 Å². The van der Waals surface area contributed by atoms with Gasteiger partial charge in [0.1, 0.15) is 0 Å². The number of hydrogen-bond donors (Lipinski definition) is 1. The number of amides is 1. The second kappa shape index (κ2) is 9.07. The molecule has 0 aliphatic carbocycles. The van der Waals surface area contributed by atoms with Gasteiger partial charge in [0, 0.05) is 24.1 Å². The van der Waals surface area contributed by atoms with Crippen LogP contribution in [0.3, 0.4) is 0 Å². The molecule has 6 heteroatoms. The summed E-state index contributed by atoms with van der Waals surface area (Å²) in [6, 6.07) is 9.66. The van der Waals surface area contributed by atoms with E-state index in [0.29, 0.717) is 42.6 Å². The lowest BCUT2D eigenvalue weighted by Crippen LogP contribution is -2.24. The Balaban J connectivity index is 2.05. The molecule has 3 rings (SSSR count). The van der Waals surface area contributed by atoms with Crippen LogP contribution >= 0.6 is 0 Å². The van der Waals surface area contributed by atoms with E-state index in [4.69, 9.17) is 18.9 Å². The Kier molecular flexibility index (Phi) is 6.52. The highest BCUT2D eigenvalue weighted by atomic mass is 16.5. The molecule has 1 N–H and O–H groups in total. The monoisotopic (exact) mass is 399 g/mol. The van der Waals surface area contributed by atoms with Crippen LogP contribution in [-0.4, -0.2) is 32.3 Å². The van der Waals surface area contributed by atoms with Gasteiger partial charge in [-0.2, -0.15) is 0 Å². The largest absolute Gasteiger partial charge is 0.493 e. The molecule has 0 radical (unpaired) electrons. The summed E-state index contributed by atoms with van der Waals surface area (Å²) in [5.41, 5.74) is 2.73. The van der Waals surface area contributed by atoms with E-state index in [1.165, 1.54) is 0 Å². The number of carbonyl (C=O) groups is 1. The molecule has 2 aromatic carbocycles. The fourth-order valence-corrected chi connectivity index (χ4v) is 3.56. The molecule has 0 aromatic heterocycles.